The molecule has 1 fully saturated rings. The molecule has 0 bridgehead atoms. The van der Waals surface area contributed by atoms with Gasteiger partial charge in [0.05, 0.1) is 6.10 Å². The monoisotopic (exact) mass is 193 g/mol. The molecule has 0 spiro atoms. The second-order valence-corrected chi connectivity index (χ2v) is 3.65. The molecule has 1 aromatic heterocycles. The van der Waals surface area contributed by atoms with Gasteiger partial charge in [-0.1, -0.05) is 0 Å². The van der Waals surface area contributed by atoms with Crippen molar-refractivity contribution in [2.45, 2.75) is 25.0 Å². The number of nitrogens with one attached hydrogen (secondary N) is 2. The molecule has 0 unspecified atom stereocenters. The standard InChI is InChI=1S/C10H15N3O/c1-11-10-6-7(2-3-12-10)13-8-4-9(14)5-8/h2-3,6,8-9,14H,4-5H2,1H3,(H2,11,12,13). The third-order valence-electron chi connectivity index (χ3n) is 2.50. The van der Waals surface area contributed by atoms with Crippen LogP contribution in [0.1, 0.15) is 12.8 Å². The molecule has 0 radical (unpaired) electrons. The predicted octanol–water partition coefficient (Wildman–Crippen LogP) is 1.06. The molecule has 76 valence electrons. The fraction of sp³-hybridized carbons (Fsp3) is 0.500. The number of nitrogens with zero attached hydrogens (tertiary/aromatic N) is 1. The van der Waals surface area contributed by atoms with Gasteiger partial charge < -0.3 is 15.7 Å². The van der Waals surface area contributed by atoms with Crippen LogP contribution in [0.4, 0.5) is 11.5 Å². The molecule has 1 aliphatic carbocycles. The molecule has 0 aromatic carbocycles. The van der Waals surface area contributed by atoms with E-state index in [2.05, 4.69) is 15.6 Å². The summed E-state index contributed by atoms with van der Waals surface area (Å²) < 4.78 is 0. The molecule has 2 rings (SSSR count). The van der Waals surface area contributed by atoms with E-state index in [9.17, 15) is 0 Å². The fourth-order valence-corrected chi connectivity index (χ4v) is 1.60. The molecule has 0 atom stereocenters. The van der Waals surface area contributed by atoms with Crippen molar-refractivity contribution in [3.63, 3.8) is 0 Å². The predicted molar refractivity (Wildman–Crippen MR) is 56.4 cm³/mol. The summed E-state index contributed by atoms with van der Waals surface area (Å²) in [6.07, 6.45) is 3.34. The largest absolute Gasteiger partial charge is 0.393 e. The Kier molecular flexibility index (Phi) is 2.54. The van der Waals surface area contributed by atoms with Gasteiger partial charge >= 0.3 is 0 Å². The topological polar surface area (TPSA) is 57.2 Å². The van der Waals surface area contributed by atoms with Crippen molar-refractivity contribution in [1.82, 2.24) is 4.98 Å². The number of pyridine rings is 1. The maximum absolute atomic E-state index is 9.13. The van der Waals surface area contributed by atoms with Gasteiger partial charge in [-0.25, -0.2) is 4.98 Å². The summed E-state index contributed by atoms with van der Waals surface area (Å²) >= 11 is 0. The third kappa shape index (κ3) is 1.96. The Labute approximate surface area is 83.4 Å². The van der Waals surface area contributed by atoms with E-state index in [1.807, 2.05) is 19.2 Å². The average Bonchev–Trinajstić information content (AvgIpc) is 2.16. The van der Waals surface area contributed by atoms with Crippen molar-refractivity contribution in [1.29, 1.82) is 0 Å². The minimum atomic E-state index is -0.113. The Balaban J connectivity index is 1.95. The van der Waals surface area contributed by atoms with E-state index >= 15 is 0 Å². The minimum absolute atomic E-state index is 0.113. The zero-order valence-electron chi connectivity index (χ0n) is 8.20. The molecule has 1 aliphatic rings. The van der Waals surface area contributed by atoms with Crippen LogP contribution in [0.2, 0.25) is 0 Å². The van der Waals surface area contributed by atoms with Crippen molar-refractivity contribution >= 4 is 11.5 Å². The summed E-state index contributed by atoms with van der Waals surface area (Å²) in [5, 5.41) is 15.5. The molecule has 0 saturated heterocycles. The van der Waals surface area contributed by atoms with Crippen LogP contribution >= 0.6 is 0 Å². The minimum Gasteiger partial charge on any atom is -0.393 e. The molecule has 3 N–H and O–H groups in total. The van der Waals surface area contributed by atoms with Crippen LogP contribution in [-0.4, -0.2) is 29.3 Å². The first kappa shape index (κ1) is 9.27. The zero-order chi connectivity index (χ0) is 9.97. The number of hydrogen-bond donors (Lipinski definition) is 3. The average molecular weight is 193 g/mol. The lowest BCUT2D eigenvalue weighted by atomic mass is 9.89. The molecule has 0 amide bonds. The van der Waals surface area contributed by atoms with Crippen LogP contribution in [-0.2, 0) is 0 Å². The van der Waals surface area contributed by atoms with Crippen LogP contribution in [0.5, 0.6) is 0 Å². The Bertz CT molecular complexity index is 310. The van der Waals surface area contributed by atoms with Gasteiger partial charge in [0.15, 0.2) is 0 Å². The van der Waals surface area contributed by atoms with Gasteiger partial charge in [-0.15, -0.1) is 0 Å². The van der Waals surface area contributed by atoms with Gasteiger partial charge in [0, 0.05) is 31.0 Å². The van der Waals surface area contributed by atoms with Crippen molar-refractivity contribution in [3.8, 4) is 0 Å². The van der Waals surface area contributed by atoms with Crippen molar-refractivity contribution in [2.24, 2.45) is 0 Å². The highest BCUT2D eigenvalue weighted by molar-refractivity contribution is 5.52. The van der Waals surface area contributed by atoms with E-state index in [4.69, 9.17) is 5.11 Å². The molecule has 1 saturated carbocycles. The van der Waals surface area contributed by atoms with Crippen LogP contribution in [0.25, 0.3) is 0 Å². The molecular weight excluding hydrogens is 178 g/mol. The van der Waals surface area contributed by atoms with Crippen molar-refractivity contribution in [2.75, 3.05) is 17.7 Å². The molecular formula is C10H15N3O. The summed E-state index contributed by atoms with van der Waals surface area (Å²) in [6, 6.07) is 4.31. The summed E-state index contributed by atoms with van der Waals surface area (Å²) in [5.74, 6) is 0.856. The SMILES string of the molecule is CNc1cc(NC2CC(O)C2)ccn1. The maximum Gasteiger partial charge on any atom is 0.127 e. The summed E-state index contributed by atoms with van der Waals surface area (Å²) in [4.78, 5) is 4.12. The number of aromatic nitrogens is 1. The lowest BCUT2D eigenvalue weighted by Gasteiger charge is -2.32. The highest BCUT2D eigenvalue weighted by atomic mass is 16.3. The van der Waals surface area contributed by atoms with Gasteiger partial charge in [-0.2, -0.15) is 0 Å². The normalized spacial score (nSPS) is 25.3. The van der Waals surface area contributed by atoms with Crippen LogP contribution in [0.15, 0.2) is 18.3 Å². The molecule has 4 nitrogen and oxygen atoms in total. The smallest absolute Gasteiger partial charge is 0.127 e. The number of rotatable bonds is 3. The maximum atomic E-state index is 9.13. The molecule has 0 aliphatic heterocycles. The Morgan fingerprint density at radius 2 is 2.29 bits per heavy atom. The number of anilines is 2. The Morgan fingerprint density at radius 1 is 1.50 bits per heavy atom. The second kappa shape index (κ2) is 3.84. The van der Waals surface area contributed by atoms with E-state index in [0.717, 1.165) is 24.3 Å². The van der Waals surface area contributed by atoms with Gasteiger partial charge in [-0.05, 0) is 18.9 Å². The van der Waals surface area contributed by atoms with Crippen LogP contribution in [0, 0.1) is 0 Å². The van der Waals surface area contributed by atoms with Crippen molar-refractivity contribution in [3.05, 3.63) is 18.3 Å². The second-order valence-electron chi connectivity index (χ2n) is 3.65. The molecule has 1 heterocycles. The Morgan fingerprint density at radius 3 is 2.93 bits per heavy atom. The Hall–Kier alpha value is -1.29. The van der Waals surface area contributed by atoms with Crippen LogP contribution in [0.3, 0.4) is 0 Å². The van der Waals surface area contributed by atoms with E-state index in [0.29, 0.717) is 6.04 Å². The molecule has 1 aromatic rings. The van der Waals surface area contributed by atoms with E-state index < -0.39 is 0 Å². The highest BCUT2D eigenvalue weighted by Gasteiger charge is 2.26. The summed E-state index contributed by atoms with van der Waals surface area (Å²) in [5.41, 5.74) is 1.06. The first-order valence-electron chi connectivity index (χ1n) is 4.86. The van der Waals surface area contributed by atoms with E-state index in [-0.39, 0.29) is 6.10 Å². The third-order valence-corrected chi connectivity index (χ3v) is 2.50. The van der Waals surface area contributed by atoms with Gasteiger partial charge in [0.2, 0.25) is 0 Å². The van der Waals surface area contributed by atoms with Gasteiger partial charge in [0.1, 0.15) is 5.82 Å². The summed E-state index contributed by atoms with van der Waals surface area (Å²) in [7, 11) is 1.85. The lowest BCUT2D eigenvalue weighted by Crippen LogP contribution is -2.38. The molecule has 14 heavy (non-hydrogen) atoms. The van der Waals surface area contributed by atoms with E-state index in [1.165, 1.54) is 0 Å². The quantitative estimate of drug-likeness (QED) is 0.672. The van der Waals surface area contributed by atoms with E-state index in [1.54, 1.807) is 6.20 Å². The first-order chi connectivity index (χ1) is 6.78. The number of aliphatic hydroxyl groups excluding tert-OH is 1. The lowest BCUT2D eigenvalue weighted by molar-refractivity contribution is 0.0836. The highest BCUT2D eigenvalue weighted by Crippen LogP contribution is 2.24. The van der Waals surface area contributed by atoms with Crippen molar-refractivity contribution < 1.29 is 5.11 Å². The number of hydrogen-bond acceptors (Lipinski definition) is 4. The zero-order valence-corrected chi connectivity index (χ0v) is 8.20. The fourth-order valence-electron chi connectivity index (χ4n) is 1.60. The van der Waals surface area contributed by atoms with Gasteiger partial charge in [-0.3, -0.25) is 0 Å². The van der Waals surface area contributed by atoms with Gasteiger partial charge in [0.25, 0.3) is 0 Å². The first-order valence-corrected chi connectivity index (χ1v) is 4.86. The number of aliphatic hydroxyl groups is 1. The molecule has 4 heteroatoms. The van der Waals surface area contributed by atoms with Crippen LogP contribution < -0.4 is 10.6 Å². The summed E-state index contributed by atoms with van der Waals surface area (Å²) in [6.45, 7) is 0.